The van der Waals surface area contributed by atoms with E-state index in [1.54, 1.807) is 24.3 Å². The highest BCUT2D eigenvalue weighted by molar-refractivity contribution is 6.20. The first kappa shape index (κ1) is 28.6. The molecule has 0 spiro atoms. The summed E-state index contributed by atoms with van der Waals surface area (Å²) in [5.41, 5.74) is 6.35. The number of allylic oxidation sites excluding steroid dienone is 1. The number of halogens is 3. The van der Waals surface area contributed by atoms with E-state index in [-0.39, 0.29) is 18.1 Å². The number of amides is 3. The second-order valence-electron chi connectivity index (χ2n) is 9.65. The lowest BCUT2D eigenvalue weighted by Crippen LogP contribution is -2.50. The van der Waals surface area contributed by atoms with Gasteiger partial charge in [-0.25, -0.2) is 4.99 Å². The van der Waals surface area contributed by atoms with Crippen molar-refractivity contribution in [1.82, 2.24) is 5.32 Å². The number of primary amides is 1. The molecule has 1 aliphatic rings. The molecule has 3 amide bonds. The summed E-state index contributed by atoms with van der Waals surface area (Å²) in [6, 6.07) is 11.3. The monoisotopic (exact) mass is 528 g/mol. The summed E-state index contributed by atoms with van der Waals surface area (Å²) in [5, 5.41) is 2.67. The molecule has 0 unspecified atom stereocenters. The van der Waals surface area contributed by atoms with Crippen molar-refractivity contribution >= 4 is 29.1 Å². The van der Waals surface area contributed by atoms with Crippen LogP contribution in [0.5, 0.6) is 0 Å². The number of hydrogen-bond donors (Lipinski definition) is 2. The molecule has 0 aromatic heterocycles. The average molecular weight is 529 g/mol. The molecule has 202 valence electrons. The normalized spacial score (nSPS) is 17.2. The smallest absolute Gasteiger partial charge is 0.369 e. The molecule has 0 saturated carbocycles. The van der Waals surface area contributed by atoms with E-state index in [1.807, 2.05) is 13.8 Å². The van der Waals surface area contributed by atoms with Gasteiger partial charge in [0.25, 0.3) is 5.91 Å². The Kier molecular flexibility index (Phi) is 8.75. The Morgan fingerprint density at radius 1 is 1.13 bits per heavy atom. The van der Waals surface area contributed by atoms with E-state index in [4.69, 9.17) is 5.73 Å². The Morgan fingerprint density at radius 2 is 1.76 bits per heavy atom. The molecule has 0 saturated heterocycles. The average Bonchev–Trinajstić information content (AvgIpc) is 2.96. The van der Waals surface area contributed by atoms with Crippen molar-refractivity contribution < 1.29 is 27.6 Å². The number of benzene rings is 2. The molecule has 2 aromatic rings. The van der Waals surface area contributed by atoms with Crippen LogP contribution in [0, 0.1) is 17.8 Å². The minimum absolute atomic E-state index is 0.0420. The highest BCUT2D eigenvalue weighted by atomic mass is 19.4. The maximum absolute atomic E-state index is 13.5. The molecule has 3 rings (SSSR count). The number of carbonyl (C=O) groups excluding carboxylic acids is 3. The zero-order valence-corrected chi connectivity index (χ0v) is 21.5. The van der Waals surface area contributed by atoms with Crippen LogP contribution in [0.4, 0.5) is 18.9 Å². The second kappa shape index (κ2) is 11.6. The van der Waals surface area contributed by atoms with Crippen LogP contribution in [0.25, 0.3) is 0 Å². The van der Waals surface area contributed by atoms with Gasteiger partial charge < -0.3 is 16.0 Å². The third kappa shape index (κ3) is 6.30. The van der Waals surface area contributed by atoms with Gasteiger partial charge in [-0.15, -0.1) is 6.58 Å². The molecule has 0 bridgehead atoms. The van der Waals surface area contributed by atoms with Crippen LogP contribution in [0.15, 0.2) is 66.2 Å². The summed E-state index contributed by atoms with van der Waals surface area (Å²) in [6.45, 7) is 7.44. The number of nitrogens with one attached hydrogen (secondary N) is 1. The van der Waals surface area contributed by atoms with Crippen molar-refractivity contribution in [2.45, 2.75) is 39.0 Å². The number of nitrogens with two attached hydrogens (primary N) is 1. The number of anilines is 1. The number of carbonyl (C=O) groups is 3. The first-order valence-electron chi connectivity index (χ1n) is 12.2. The van der Waals surface area contributed by atoms with Crippen molar-refractivity contribution in [1.29, 1.82) is 0 Å². The van der Waals surface area contributed by atoms with E-state index in [0.717, 1.165) is 12.1 Å². The number of rotatable bonds is 9. The number of alkyl halides is 3. The molecule has 0 aliphatic carbocycles. The van der Waals surface area contributed by atoms with Crippen LogP contribution in [0.2, 0.25) is 0 Å². The van der Waals surface area contributed by atoms with Gasteiger partial charge in [-0.3, -0.25) is 14.4 Å². The topological polar surface area (TPSA) is 105 Å². The first-order valence-corrected chi connectivity index (χ1v) is 12.2. The van der Waals surface area contributed by atoms with E-state index >= 15 is 0 Å². The maximum atomic E-state index is 13.5. The summed E-state index contributed by atoms with van der Waals surface area (Å²) < 4.78 is 39.4. The van der Waals surface area contributed by atoms with Gasteiger partial charge in [-0.1, -0.05) is 50.3 Å². The maximum Gasteiger partial charge on any atom is 0.416 e. The summed E-state index contributed by atoms with van der Waals surface area (Å²) in [5.74, 6) is -3.40. The highest BCUT2D eigenvalue weighted by Gasteiger charge is 2.37. The predicted octanol–water partition coefficient (Wildman–Crippen LogP) is 4.30. The SMILES string of the molecule is C=CC[C@H](C(N)=O)[C@@H](CC(C)C)C(=O)N[C@@H]1N=C(c2ccc(C(F)(F)F)cc2)c2ccccc2N(C)C1=O. The Balaban J connectivity index is 2.07. The van der Waals surface area contributed by atoms with Gasteiger partial charge in [-0.05, 0) is 37.0 Å². The number of benzodiazepines with no additional fused rings is 1. The fourth-order valence-electron chi connectivity index (χ4n) is 4.53. The van der Waals surface area contributed by atoms with Crippen LogP contribution < -0.4 is 16.0 Å². The van der Waals surface area contributed by atoms with Gasteiger partial charge in [0.2, 0.25) is 18.0 Å². The minimum atomic E-state index is -4.51. The Bertz CT molecular complexity index is 1240. The first-order chi connectivity index (χ1) is 17.8. The Morgan fingerprint density at radius 3 is 2.32 bits per heavy atom. The molecule has 2 aromatic carbocycles. The summed E-state index contributed by atoms with van der Waals surface area (Å²) >= 11 is 0. The summed E-state index contributed by atoms with van der Waals surface area (Å²) in [6.07, 6.45) is -3.87. The highest BCUT2D eigenvalue weighted by Crippen LogP contribution is 2.32. The van der Waals surface area contributed by atoms with Crippen molar-refractivity contribution in [3.05, 3.63) is 77.9 Å². The lowest BCUT2D eigenvalue weighted by atomic mass is 9.82. The van der Waals surface area contributed by atoms with Crippen molar-refractivity contribution in [3.8, 4) is 0 Å². The van der Waals surface area contributed by atoms with Crippen LogP contribution in [-0.2, 0) is 20.6 Å². The van der Waals surface area contributed by atoms with Crippen LogP contribution in [0.1, 0.15) is 43.4 Å². The lowest BCUT2D eigenvalue weighted by Gasteiger charge is -2.27. The summed E-state index contributed by atoms with van der Waals surface area (Å²) in [7, 11) is 1.53. The molecule has 1 aliphatic heterocycles. The molecular formula is C28H31F3N4O3. The van der Waals surface area contributed by atoms with Gasteiger partial charge in [0.15, 0.2) is 0 Å². The van der Waals surface area contributed by atoms with Crippen molar-refractivity contribution in [3.63, 3.8) is 0 Å². The van der Waals surface area contributed by atoms with Gasteiger partial charge in [0.1, 0.15) is 0 Å². The number of likely N-dealkylation sites (N-methyl/N-ethyl adjacent to an activating group) is 1. The number of hydrogen-bond acceptors (Lipinski definition) is 4. The summed E-state index contributed by atoms with van der Waals surface area (Å²) in [4.78, 5) is 45.0. The Labute approximate surface area is 219 Å². The third-order valence-electron chi connectivity index (χ3n) is 6.44. The molecule has 10 heteroatoms. The quantitative estimate of drug-likeness (QED) is 0.474. The molecule has 0 fully saturated rings. The van der Waals surface area contributed by atoms with Gasteiger partial charge >= 0.3 is 6.18 Å². The molecule has 0 radical (unpaired) electrons. The van der Waals surface area contributed by atoms with Gasteiger partial charge in [0.05, 0.1) is 28.8 Å². The standard InChI is InChI=1S/C28H31F3N4O3/c1-5-8-19(24(32)36)21(15-16(2)3)26(37)34-25-27(38)35(4)22-10-7-6-9-20(22)23(33-25)17-11-13-18(14-12-17)28(29,30)31/h5-7,9-14,16,19,21,25H,1,8,15H2,2-4H3,(H2,32,36)(H,34,37)/t19-,21+,25-/m0/s1. The van der Waals surface area contributed by atoms with Gasteiger partial charge in [0, 0.05) is 18.2 Å². The zero-order chi connectivity index (χ0) is 28.2. The van der Waals surface area contributed by atoms with Crippen LogP contribution in [-0.4, -0.2) is 36.6 Å². The van der Waals surface area contributed by atoms with Crippen molar-refractivity contribution in [2.24, 2.45) is 28.5 Å². The Hall–Kier alpha value is -3.95. The predicted molar refractivity (Wildman–Crippen MR) is 139 cm³/mol. The molecule has 3 N–H and O–H groups in total. The fourth-order valence-corrected chi connectivity index (χ4v) is 4.53. The zero-order valence-electron chi connectivity index (χ0n) is 21.5. The van der Waals surface area contributed by atoms with Crippen LogP contribution >= 0.6 is 0 Å². The second-order valence-corrected chi connectivity index (χ2v) is 9.65. The molecule has 7 nitrogen and oxygen atoms in total. The van der Waals surface area contributed by atoms with Gasteiger partial charge in [-0.2, -0.15) is 13.2 Å². The number of para-hydroxylation sites is 1. The molecule has 3 atom stereocenters. The van der Waals surface area contributed by atoms with E-state index < -0.39 is 47.5 Å². The largest absolute Gasteiger partial charge is 0.416 e. The fraction of sp³-hybridized carbons (Fsp3) is 0.357. The lowest BCUT2D eigenvalue weighted by molar-refractivity contribution is -0.137. The molecule has 38 heavy (non-hydrogen) atoms. The number of nitrogens with zero attached hydrogens (tertiary/aromatic N) is 2. The van der Waals surface area contributed by atoms with Crippen molar-refractivity contribution in [2.75, 3.05) is 11.9 Å². The molecular weight excluding hydrogens is 497 g/mol. The van der Waals surface area contributed by atoms with E-state index in [0.29, 0.717) is 23.2 Å². The number of aliphatic imine (C=N–C) groups is 1. The molecule has 1 heterocycles. The van der Waals surface area contributed by atoms with E-state index in [9.17, 15) is 27.6 Å². The van der Waals surface area contributed by atoms with Crippen LogP contribution in [0.3, 0.4) is 0 Å². The van der Waals surface area contributed by atoms with E-state index in [1.165, 1.54) is 30.2 Å². The minimum Gasteiger partial charge on any atom is -0.369 e. The van der Waals surface area contributed by atoms with E-state index in [2.05, 4.69) is 16.9 Å². The third-order valence-corrected chi connectivity index (χ3v) is 6.44. The number of fused-ring (bicyclic) bond motifs is 1.